The quantitative estimate of drug-likeness (QED) is 0.543. The van der Waals surface area contributed by atoms with Crippen molar-refractivity contribution in [3.63, 3.8) is 0 Å². The zero-order valence-corrected chi connectivity index (χ0v) is 10.2. The molecule has 19 heavy (non-hydrogen) atoms. The molecule has 105 valence electrons. The first-order chi connectivity index (χ1) is 8.92. The van der Waals surface area contributed by atoms with Crippen LogP contribution in [0.15, 0.2) is 30.9 Å². The number of hydrogen-bond donors (Lipinski definition) is 0. The Kier molecular flexibility index (Phi) is 5.66. The SMILES string of the molecule is C=CC[C](C)c1cc(OC(F)F)cc(OC(F)F)c1. The third-order valence-corrected chi connectivity index (χ3v) is 2.27. The van der Waals surface area contributed by atoms with Crippen molar-refractivity contribution in [2.75, 3.05) is 0 Å². The summed E-state index contributed by atoms with van der Waals surface area (Å²) in [6.07, 6.45) is 2.11. The predicted octanol–water partition coefficient (Wildman–Crippen LogP) is 4.41. The van der Waals surface area contributed by atoms with E-state index in [1.807, 2.05) is 0 Å². The summed E-state index contributed by atoms with van der Waals surface area (Å²) in [6.45, 7) is -0.790. The van der Waals surface area contributed by atoms with Crippen LogP contribution in [0.3, 0.4) is 0 Å². The molecular formula is C13H13F4O2. The predicted molar refractivity (Wildman–Crippen MR) is 62.5 cm³/mol. The molecule has 0 amide bonds. The van der Waals surface area contributed by atoms with Gasteiger partial charge in [-0.3, -0.25) is 0 Å². The summed E-state index contributed by atoms with van der Waals surface area (Å²) >= 11 is 0. The van der Waals surface area contributed by atoms with Gasteiger partial charge in [0.2, 0.25) is 0 Å². The summed E-state index contributed by atoms with van der Waals surface area (Å²) in [7, 11) is 0. The van der Waals surface area contributed by atoms with E-state index in [9.17, 15) is 17.6 Å². The van der Waals surface area contributed by atoms with Gasteiger partial charge in [-0.25, -0.2) is 0 Å². The molecule has 2 nitrogen and oxygen atoms in total. The minimum absolute atomic E-state index is 0.230. The first-order valence-corrected chi connectivity index (χ1v) is 5.40. The molecule has 0 saturated heterocycles. The summed E-state index contributed by atoms with van der Waals surface area (Å²) in [4.78, 5) is 0. The topological polar surface area (TPSA) is 18.5 Å². The molecule has 0 aromatic heterocycles. The standard InChI is InChI=1S/C13H13F4O2/c1-3-4-8(2)9-5-10(18-12(14)15)7-11(6-9)19-13(16)17/h3,5-7,12-13H,1,4H2,2H3. The van der Waals surface area contributed by atoms with Crippen LogP contribution in [0, 0.1) is 5.92 Å². The largest absolute Gasteiger partial charge is 0.435 e. The molecule has 0 atom stereocenters. The Morgan fingerprint density at radius 3 is 1.95 bits per heavy atom. The third-order valence-electron chi connectivity index (χ3n) is 2.27. The zero-order chi connectivity index (χ0) is 14.4. The van der Waals surface area contributed by atoms with Crippen LogP contribution in [0.4, 0.5) is 17.6 Å². The van der Waals surface area contributed by atoms with Gasteiger partial charge in [0.05, 0.1) is 0 Å². The molecule has 0 spiro atoms. The van der Waals surface area contributed by atoms with Gasteiger partial charge in [-0.15, -0.1) is 6.58 Å². The monoisotopic (exact) mass is 277 g/mol. The number of benzene rings is 1. The lowest BCUT2D eigenvalue weighted by Gasteiger charge is -2.14. The van der Waals surface area contributed by atoms with Gasteiger partial charge < -0.3 is 9.47 Å². The number of hydrogen-bond acceptors (Lipinski definition) is 2. The zero-order valence-electron chi connectivity index (χ0n) is 10.2. The summed E-state index contributed by atoms with van der Waals surface area (Å²) < 4.78 is 57.1. The lowest BCUT2D eigenvalue weighted by Crippen LogP contribution is -2.06. The fourth-order valence-corrected chi connectivity index (χ4v) is 1.49. The highest BCUT2D eigenvalue weighted by atomic mass is 19.3. The second-order valence-electron chi connectivity index (χ2n) is 3.72. The average molecular weight is 277 g/mol. The van der Waals surface area contributed by atoms with Gasteiger partial charge in [0.15, 0.2) is 0 Å². The summed E-state index contributed by atoms with van der Waals surface area (Å²) in [5, 5.41) is 0. The van der Waals surface area contributed by atoms with Crippen LogP contribution in [0.2, 0.25) is 0 Å². The molecule has 0 N–H and O–H groups in total. The molecule has 0 fully saturated rings. The molecule has 0 heterocycles. The van der Waals surface area contributed by atoms with Crippen molar-refractivity contribution in [3.8, 4) is 11.5 Å². The van der Waals surface area contributed by atoms with Gasteiger partial charge in [-0.05, 0) is 24.1 Å². The van der Waals surface area contributed by atoms with Crippen LogP contribution in [0.1, 0.15) is 18.9 Å². The second kappa shape index (κ2) is 7.01. The van der Waals surface area contributed by atoms with E-state index < -0.39 is 13.2 Å². The average Bonchev–Trinajstić information content (AvgIpc) is 2.26. The maximum atomic E-state index is 12.2. The number of ether oxygens (including phenoxy) is 2. The van der Waals surface area contributed by atoms with E-state index in [2.05, 4.69) is 16.1 Å². The van der Waals surface area contributed by atoms with Gasteiger partial charge in [0.25, 0.3) is 0 Å². The van der Waals surface area contributed by atoms with E-state index in [1.165, 1.54) is 12.1 Å². The Bertz CT molecular complexity index is 393. The Labute approximate surface area is 108 Å². The van der Waals surface area contributed by atoms with Crippen molar-refractivity contribution < 1.29 is 27.0 Å². The van der Waals surface area contributed by atoms with Gasteiger partial charge in [0.1, 0.15) is 11.5 Å². The molecule has 0 aliphatic carbocycles. The highest BCUT2D eigenvalue weighted by Crippen LogP contribution is 2.30. The maximum Gasteiger partial charge on any atom is 0.387 e. The highest BCUT2D eigenvalue weighted by molar-refractivity contribution is 5.44. The smallest absolute Gasteiger partial charge is 0.387 e. The van der Waals surface area contributed by atoms with Crippen molar-refractivity contribution in [1.82, 2.24) is 0 Å². The van der Waals surface area contributed by atoms with Crippen molar-refractivity contribution in [1.29, 1.82) is 0 Å². The molecular weight excluding hydrogens is 264 g/mol. The lowest BCUT2D eigenvalue weighted by atomic mass is 9.97. The van der Waals surface area contributed by atoms with E-state index in [4.69, 9.17) is 0 Å². The first kappa shape index (κ1) is 15.3. The van der Waals surface area contributed by atoms with E-state index in [-0.39, 0.29) is 11.5 Å². The summed E-state index contributed by atoms with van der Waals surface area (Å²) in [5.41, 5.74) is 0.480. The fourth-order valence-electron chi connectivity index (χ4n) is 1.49. The van der Waals surface area contributed by atoms with Gasteiger partial charge in [0, 0.05) is 12.0 Å². The normalized spacial score (nSPS) is 11.2. The molecule has 1 radical (unpaired) electrons. The maximum absolute atomic E-state index is 12.2. The van der Waals surface area contributed by atoms with Crippen LogP contribution in [0.5, 0.6) is 11.5 Å². The van der Waals surface area contributed by atoms with Crippen molar-refractivity contribution in [3.05, 3.63) is 42.3 Å². The number of rotatable bonds is 7. The van der Waals surface area contributed by atoms with Crippen LogP contribution in [0.25, 0.3) is 0 Å². The van der Waals surface area contributed by atoms with Crippen LogP contribution < -0.4 is 9.47 Å². The van der Waals surface area contributed by atoms with Gasteiger partial charge in [-0.1, -0.05) is 13.0 Å². The molecule has 0 bridgehead atoms. The second-order valence-corrected chi connectivity index (χ2v) is 3.72. The first-order valence-electron chi connectivity index (χ1n) is 5.40. The molecule has 0 aliphatic rings. The van der Waals surface area contributed by atoms with Crippen molar-refractivity contribution >= 4 is 0 Å². The minimum atomic E-state index is -3.03. The Balaban J connectivity index is 3.04. The third kappa shape index (κ3) is 5.19. The Morgan fingerprint density at radius 2 is 1.58 bits per heavy atom. The summed E-state index contributed by atoms with van der Waals surface area (Å²) in [6, 6.07) is 3.66. The van der Waals surface area contributed by atoms with Crippen LogP contribution in [-0.4, -0.2) is 13.2 Å². The van der Waals surface area contributed by atoms with Gasteiger partial charge in [-0.2, -0.15) is 17.6 Å². The van der Waals surface area contributed by atoms with Gasteiger partial charge >= 0.3 is 13.2 Å². The van der Waals surface area contributed by atoms with E-state index in [0.717, 1.165) is 12.0 Å². The number of allylic oxidation sites excluding steroid dienone is 1. The highest BCUT2D eigenvalue weighted by Gasteiger charge is 2.14. The Hall–Kier alpha value is -1.72. The molecule has 0 unspecified atom stereocenters. The van der Waals surface area contributed by atoms with Crippen LogP contribution in [-0.2, 0) is 0 Å². The molecule has 1 aromatic carbocycles. The van der Waals surface area contributed by atoms with Crippen molar-refractivity contribution in [2.24, 2.45) is 0 Å². The number of alkyl halides is 4. The molecule has 6 heteroatoms. The molecule has 1 rings (SSSR count). The van der Waals surface area contributed by atoms with Crippen molar-refractivity contribution in [2.45, 2.75) is 26.6 Å². The lowest BCUT2D eigenvalue weighted by molar-refractivity contribution is -0.0543. The fraction of sp³-hybridized carbons (Fsp3) is 0.308. The molecule has 1 aromatic rings. The van der Waals surface area contributed by atoms with E-state index >= 15 is 0 Å². The van der Waals surface area contributed by atoms with Crippen LogP contribution >= 0.6 is 0 Å². The Morgan fingerprint density at radius 1 is 1.11 bits per heavy atom. The number of halogens is 4. The molecule has 0 saturated carbocycles. The minimum Gasteiger partial charge on any atom is -0.435 e. The molecule has 0 aliphatic heterocycles. The van der Waals surface area contributed by atoms with E-state index in [0.29, 0.717) is 12.0 Å². The van der Waals surface area contributed by atoms with E-state index in [1.54, 1.807) is 13.0 Å². The summed E-state index contributed by atoms with van der Waals surface area (Å²) in [5.74, 6) is 0.312.